The number of aromatic carboxylic acids is 1. The maximum Gasteiger partial charge on any atom is 0.355 e. The van der Waals surface area contributed by atoms with Crippen LogP contribution in [0.5, 0.6) is 0 Å². The molecule has 4 nitrogen and oxygen atoms in total. The summed E-state index contributed by atoms with van der Waals surface area (Å²) in [7, 11) is 0. The number of carbonyl (C=O) groups is 1. The summed E-state index contributed by atoms with van der Waals surface area (Å²) in [5, 5.41) is 14.3. The Kier molecular flexibility index (Phi) is 4.03. The van der Waals surface area contributed by atoms with Gasteiger partial charge in [0.05, 0.1) is 5.01 Å². The molecule has 0 saturated carbocycles. The average Bonchev–Trinajstić information content (AvgIpc) is 2.52. The third kappa shape index (κ3) is 3.43. The smallest absolute Gasteiger partial charge is 0.355 e. The summed E-state index contributed by atoms with van der Waals surface area (Å²) in [5.41, 5.74) is 0.148. The highest BCUT2D eigenvalue weighted by Crippen LogP contribution is 2.09. The van der Waals surface area contributed by atoms with Crippen LogP contribution in [0.4, 0.5) is 0 Å². The summed E-state index contributed by atoms with van der Waals surface area (Å²) in [5.74, 6) is -0.954. The van der Waals surface area contributed by atoms with E-state index in [0.717, 1.165) is 18.0 Å². The van der Waals surface area contributed by atoms with Crippen molar-refractivity contribution in [3.63, 3.8) is 0 Å². The minimum absolute atomic E-state index is 0.148. The molecule has 0 aromatic carbocycles. The Bertz CT molecular complexity index is 310. The highest BCUT2D eigenvalue weighted by molar-refractivity contribution is 7.09. The number of carboxylic acid groups (broad SMARTS) is 1. The average molecular weight is 214 g/mol. The predicted octanol–water partition coefficient (Wildman–Crippen LogP) is 1.38. The Morgan fingerprint density at radius 1 is 1.71 bits per heavy atom. The SMILES string of the molecule is CC(C)NCCc1nc(C(=O)O)cs1. The van der Waals surface area contributed by atoms with Crippen LogP contribution in [0.25, 0.3) is 0 Å². The number of carboxylic acids is 1. The first-order valence-electron chi connectivity index (χ1n) is 4.50. The number of hydrogen-bond donors (Lipinski definition) is 2. The molecular weight excluding hydrogens is 200 g/mol. The summed E-state index contributed by atoms with van der Waals surface area (Å²) in [6.45, 7) is 4.99. The molecule has 0 fully saturated rings. The van der Waals surface area contributed by atoms with Gasteiger partial charge in [0.25, 0.3) is 0 Å². The van der Waals surface area contributed by atoms with Crippen LogP contribution in [0.1, 0.15) is 29.3 Å². The minimum Gasteiger partial charge on any atom is -0.476 e. The lowest BCUT2D eigenvalue weighted by atomic mass is 10.3. The largest absolute Gasteiger partial charge is 0.476 e. The van der Waals surface area contributed by atoms with Gasteiger partial charge in [-0.2, -0.15) is 0 Å². The van der Waals surface area contributed by atoms with Crippen molar-refractivity contribution in [1.29, 1.82) is 0 Å². The minimum atomic E-state index is -0.954. The van der Waals surface area contributed by atoms with Gasteiger partial charge in [0, 0.05) is 24.4 Å². The molecule has 1 heterocycles. The molecule has 0 aliphatic heterocycles. The monoisotopic (exact) mass is 214 g/mol. The molecule has 0 saturated heterocycles. The molecule has 1 aromatic heterocycles. The Labute approximate surface area is 87.0 Å². The third-order valence-electron chi connectivity index (χ3n) is 1.66. The fraction of sp³-hybridized carbons (Fsp3) is 0.556. The zero-order valence-electron chi connectivity index (χ0n) is 8.28. The molecule has 0 radical (unpaired) electrons. The number of nitrogens with one attached hydrogen (secondary N) is 1. The zero-order chi connectivity index (χ0) is 10.6. The second-order valence-corrected chi connectivity index (χ2v) is 4.23. The highest BCUT2D eigenvalue weighted by Gasteiger charge is 2.07. The van der Waals surface area contributed by atoms with Crippen molar-refractivity contribution < 1.29 is 9.90 Å². The van der Waals surface area contributed by atoms with Gasteiger partial charge in [-0.15, -0.1) is 11.3 Å². The van der Waals surface area contributed by atoms with Crippen LogP contribution in [-0.2, 0) is 6.42 Å². The molecule has 5 heteroatoms. The zero-order valence-corrected chi connectivity index (χ0v) is 9.10. The van der Waals surface area contributed by atoms with Crippen molar-refractivity contribution in [1.82, 2.24) is 10.3 Å². The van der Waals surface area contributed by atoms with Gasteiger partial charge in [0.1, 0.15) is 0 Å². The summed E-state index contributed by atoms with van der Waals surface area (Å²) < 4.78 is 0. The third-order valence-corrected chi connectivity index (χ3v) is 2.57. The Morgan fingerprint density at radius 2 is 2.43 bits per heavy atom. The van der Waals surface area contributed by atoms with Crippen LogP contribution in [0.2, 0.25) is 0 Å². The second kappa shape index (κ2) is 5.07. The van der Waals surface area contributed by atoms with Gasteiger partial charge in [0.2, 0.25) is 0 Å². The van der Waals surface area contributed by atoms with E-state index in [1.807, 2.05) is 0 Å². The summed E-state index contributed by atoms with van der Waals surface area (Å²) in [6, 6.07) is 0.453. The van der Waals surface area contributed by atoms with Crippen molar-refractivity contribution in [2.24, 2.45) is 0 Å². The summed E-state index contributed by atoms with van der Waals surface area (Å²) in [6.07, 6.45) is 0.788. The molecule has 14 heavy (non-hydrogen) atoms. The van der Waals surface area contributed by atoms with E-state index in [-0.39, 0.29) is 5.69 Å². The van der Waals surface area contributed by atoms with Crippen LogP contribution < -0.4 is 5.32 Å². The molecule has 0 aliphatic rings. The maximum atomic E-state index is 10.5. The van der Waals surface area contributed by atoms with Crippen LogP contribution >= 0.6 is 11.3 Å². The van der Waals surface area contributed by atoms with E-state index in [1.54, 1.807) is 5.38 Å². The molecule has 1 aromatic rings. The van der Waals surface area contributed by atoms with E-state index >= 15 is 0 Å². The number of hydrogen-bond acceptors (Lipinski definition) is 4. The first kappa shape index (κ1) is 11.1. The highest BCUT2D eigenvalue weighted by atomic mass is 32.1. The molecular formula is C9H14N2O2S. The first-order chi connectivity index (χ1) is 6.59. The van der Waals surface area contributed by atoms with Crippen molar-refractivity contribution in [3.8, 4) is 0 Å². The van der Waals surface area contributed by atoms with Crippen LogP contribution in [0, 0.1) is 0 Å². The summed E-state index contributed by atoms with van der Waals surface area (Å²) in [4.78, 5) is 14.5. The standard InChI is InChI=1S/C9H14N2O2S/c1-6(2)10-4-3-8-11-7(5-14-8)9(12)13/h5-6,10H,3-4H2,1-2H3,(H,12,13). The van der Waals surface area contributed by atoms with Gasteiger partial charge < -0.3 is 10.4 Å². The molecule has 0 unspecified atom stereocenters. The summed E-state index contributed by atoms with van der Waals surface area (Å²) >= 11 is 1.40. The second-order valence-electron chi connectivity index (χ2n) is 3.29. The lowest BCUT2D eigenvalue weighted by Gasteiger charge is -2.05. The van der Waals surface area contributed by atoms with E-state index < -0.39 is 5.97 Å². The lowest BCUT2D eigenvalue weighted by molar-refractivity contribution is 0.0691. The van der Waals surface area contributed by atoms with Crippen LogP contribution in [-0.4, -0.2) is 28.6 Å². The number of thiazole rings is 1. The van der Waals surface area contributed by atoms with Gasteiger partial charge in [-0.05, 0) is 0 Å². The van der Waals surface area contributed by atoms with Gasteiger partial charge in [-0.25, -0.2) is 9.78 Å². The number of rotatable bonds is 5. The number of aromatic nitrogens is 1. The van der Waals surface area contributed by atoms with Crippen molar-refractivity contribution in [3.05, 3.63) is 16.1 Å². The van der Waals surface area contributed by atoms with Crippen molar-refractivity contribution in [2.45, 2.75) is 26.3 Å². The van der Waals surface area contributed by atoms with E-state index in [1.165, 1.54) is 11.3 Å². The fourth-order valence-electron chi connectivity index (χ4n) is 0.992. The van der Waals surface area contributed by atoms with E-state index in [0.29, 0.717) is 6.04 Å². The quantitative estimate of drug-likeness (QED) is 0.777. The van der Waals surface area contributed by atoms with Gasteiger partial charge >= 0.3 is 5.97 Å². The number of nitrogens with zero attached hydrogens (tertiary/aromatic N) is 1. The fourth-order valence-corrected chi connectivity index (χ4v) is 1.76. The van der Waals surface area contributed by atoms with Gasteiger partial charge in [-0.3, -0.25) is 0 Å². The lowest BCUT2D eigenvalue weighted by Crippen LogP contribution is -2.24. The Balaban J connectivity index is 2.40. The van der Waals surface area contributed by atoms with Crippen molar-refractivity contribution in [2.75, 3.05) is 6.54 Å². The molecule has 0 amide bonds. The molecule has 1 rings (SSSR count). The van der Waals surface area contributed by atoms with E-state index in [9.17, 15) is 4.79 Å². The first-order valence-corrected chi connectivity index (χ1v) is 5.38. The van der Waals surface area contributed by atoms with Gasteiger partial charge in [-0.1, -0.05) is 13.8 Å². The normalized spacial score (nSPS) is 10.8. The predicted molar refractivity (Wildman–Crippen MR) is 55.9 cm³/mol. The molecule has 78 valence electrons. The molecule has 0 bridgehead atoms. The van der Waals surface area contributed by atoms with Crippen LogP contribution in [0.3, 0.4) is 0 Å². The molecule has 0 spiro atoms. The molecule has 2 N–H and O–H groups in total. The maximum absolute atomic E-state index is 10.5. The van der Waals surface area contributed by atoms with Crippen LogP contribution in [0.15, 0.2) is 5.38 Å². The Hall–Kier alpha value is -0.940. The topological polar surface area (TPSA) is 62.2 Å². The van der Waals surface area contributed by atoms with E-state index in [2.05, 4.69) is 24.1 Å². The van der Waals surface area contributed by atoms with E-state index in [4.69, 9.17) is 5.11 Å². The van der Waals surface area contributed by atoms with Gasteiger partial charge in [0.15, 0.2) is 5.69 Å². The van der Waals surface area contributed by atoms with Crippen molar-refractivity contribution >= 4 is 17.3 Å². The molecule has 0 atom stereocenters. The molecule has 0 aliphatic carbocycles. The Morgan fingerprint density at radius 3 is 2.93 bits per heavy atom.